The van der Waals surface area contributed by atoms with E-state index in [1.807, 2.05) is 30.3 Å². The van der Waals surface area contributed by atoms with Crippen LogP contribution in [0.2, 0.25) is 5.02 Å². The maximum Gasteiger partial charge on any atom is 0.283 e. The molecule has 5 rings (SSSR count). The van der Waals surface area contributed by atoms with Crippen molar-refractivity contribution in [2.45, 2.75) is 5.75 Å². The van der Waals surface area contributed by atoms with Gasteiger partial charge in [0.05, 0.1) is 16.4 Å². The molecule has 1 aliphatic rings. The van der Waals surface area contributed by atoms with Crippen LogP contribution >= 0.6 is 23.4 Å². The minimum atomic E-state index is -0.400. The summed E-state index contributed by atoms with van der Waals surface area (Å²) in [6.45, 7) is 0. The highest BCUT2D eigenvalue weighted by Gasteiger charge is 2.32. The fourth-order valence-corrected chi connectivity index (χ4v) is 4.52. The van der Waals surface area contributed by atoms with Gasteiger partial charge in [0.25, 0.3) is 11.5 Å². The second-order valence-electron chi connectivity index (χ2n) is 7.40. The molecule has 34 heavy (non-hydrogen) atoms. The first-order valence-electron chi connectivity index (χ1n) is 10.2. The lowest BCUT2D eigenvalue weighted by Crippen LogP contribution is -2.30. The summed E-state index contributed by atoms with van der Waals surface area (Å²) in [4.78, 5) is 36.2. The number of anilines is 1. The Hall–Kier alpha value is -3.75. The number of nitrogens with zero attached hydrogens (tertiary/aromatic N) is 4. The Kier molecular flexibility index (Phi) is 6.00. The molecule has 0 saturated heterocycles. The van der Waals surface area contributed by atoms with Gasteiger partial charge < -0.3 is 0 Å². The van der Waals surface area contributed by atoms with Crippen LogP contribution in [0.5, 0.6) is 0 Å². The zero-order chi connectivity index (χ0) is 23.7. The number of carbonyl (C=O) groups excluding carboxylic acids is 1. The van der Waals surface area contributed by atoms with Crippen molar-refractivity contribution in [1.29, 1.82) is 0 Å². The SMILES string of the molecule is O=C1/C(=C\c2ccccc2)N=C(SCc2cc(=O)n3cc(Cl)ccc3n2)N1c1ccc(F)cc1. The van der Waals surface area contributed by atoms with E-state index in [-0.39, 0.29) is 17.2 Å². The van der Waals surface area contributed by atoms with Crippen molar-refractivity contribution in [1.82, 2.24) is 9.38 Å². The molecule has 0 saturated carbocycles. The number of thioether (sulfide) groups is 1. The van der Waals surface area contributed by atoms with Crippen LogP contribution < -0.4 is 10.5 Å². The van der Waals surface area contributed by atoms with E-state index >= 15 is 0 Å². The van der Waals surface area contributed by atoms with Gasteiger partial charge in [-0.2, -0.15) is 0 Å². The Labute approximate surface area is 203 Å². The van der Waals surface area contributed by atoms with E-state index in [1.165, 1.54) is 57.6 Å². The second kappa shape index (κ2) is 9.24. The topological polar surface area (TPSA) is 67.0 Å². The molecule has 2 aromatic carbocycles. The lowest BCUT2D eigenvalue weighted by molar-refractivity contribution is -0.113. The Morgan fingerprint density at radius 3 is 2.53 bits per heavy atom. The molecule has 0 spiro atoms. The van der Waals surface area contributed by atoms with Crippen molar-refractivity contribution < 1.29 is 9.18 Å². The highest BCUT2D eigenvalue weighted by Crippen LogP contribution is 2.30. The average molecular weight is 491 g/mol. The molecule has 0 aliphatic carbocycles. The summed E-state index contributed by atoms with van der Waals surface area (Å²) >= 11 is 7.24. The molecule has 0 atom stereocenters. The number of benzene rings is 2. The van der Waals surface area contributed by atoms with Gasteiger partial charge in [-0.05, 0) is 48.0 Å². The van der Waals surface area contributed by atoms with Crippen molar-refractivity contribution in [2.75, 3.05) is 4.90 Å². The highest BCUT2D eigenvalue weighted by atomic mass is 35.5. The maximum atomic E-state index is 13.5. The van der Waals surface area contributed by atoms with E-state index in [0.29, 0.717) is 33.0 Å². The highest BCUT2D eigenvalue weighted by molar-refractivity contribution is 8.13. The van der Waals surface area contributed by atoms with E-state index in [9.17, 15) is 14.0 Å². The van der Waals surface area contributed by atoms with E-state index in [0.717, 1.165) is 5.56 Å². The van der Waals surface area contributed by atoms with Crippen LogP contribution in [0.1, 0.15) is 11.3 Å². The minimum Gasteiger partial charge on any atom is -0.269 e. The van der Waals surface area contributed by atoms with Crippen LogP contribution in [-0.4, -0.2) is 20.5 Å². The zero-order valence-corrected chi connectivity index (χ0v) is 19.1. The summed E-state index contributed by atoms with van der Waals surface area (Å²) in [5, 5.41) is 0.849. The molecule has 3 heterocycles. The standard InChI is InChI=1S/C25H16ClFN4O2S/c26-17-6-11-22-28-19(13-23(32)30(22)14-17)15-34-25-29-21(12-16-4-2-1-3-5-16)24(33)31(25)20-9-7-18(27)8-10-20/h1-14H,15H2/b21-12+. The summed E-state index contributed by atoms with van der Waals surface area (Å²) in [5.74, 6) is -0.418. The van der Waals surface area contributed by atoms with Crippen LogP contribution in [0, 0.1) is 5.82 Å². The normalized spacial score (nSPS) is 14.8. The number of aromatic nitrogens is 2. The van der Waals surface area contributed by atoms with Gasteiger partial charge in [-0.3, -0.25) is 18.9 Å². The van der Waals surface area contributed by atoms with E-state index < -0.39 is 5.82 Å². The van der Waals surface area contributed by atoms with Gasteiger partial charge in [-0.1, -0.05) is 53.7 Å². The number of hydrogen-bond donors (Lipinski definition) is 0. The van der Waals surface area contributed by atoms with Crippen LogP contribution in [0.25, 0.3) is 11.7 Å². The fraction of sp³-hybridized carbons (Fsp3) is 0.0400. The van der Waals surface area contributed by atoms with Crippen molar-refractivity contribution in [2.24, 2.45) is 4.99 Å². The lowest BCUT2D eigenvalue weighted by atomic mass is 10.2. The molecule has 9 heteroatoms. The smallest absolute Gasteiger partial charge is 0.269 e. The van der Waals surface area contributed by atoms with Gasteiger partial charge in [-0.15, -0.1) is 0 Å². The molecule has 2 aromatic heterocycles. The number of amides is 1. The summed E-state index contributed by atoms with van der Waals surface area (Å²) in [6.07, 6.45) is 3.22. The molecule has 168 valence electrons. The molecule has 0 radical (unpaired) electrons. The van der Waals surface area contributed by atoms with Gasteiger partial charge in [0.2, 0.25) is 0 Å². The maximum absolute atomic E-state index is 13.5. The number of amidine groups is 1. The Morgan fingerprint density at radius 1 is 1.00 bits per heavy atom. The largest absolute Gasteiger partial charge is 0.283 e. The summed E-state index contributed by atoms with van der Waals surface area (Å²) in [6, 6.07) is 19.8. The Bertz CT molecular complexity index is 1520. The van der Waals surface area contributed by atoms with Crippen LogP contribution in [0.3, 0.4) is 0 Å². The molecule has 6 nitrogen and oxygen atoms in total. The van der Waals surface area contributed by atoms with Crippen LogP contribution in [0.15, 0.2) is 94.5 Å². The van der Waals surface area contributed by atoms with E-state index in [2.05, 4.69) is 9.98 Å². The minimum absolute atomic E-state index is 0.257. The quantitative estimate of drug-likeness (QED) is 0.370. The fourth-order valence-electron chi connectivity index (χ4n) is 3.46. The number of aliphatic imine (C=N–C) groups is 1. The van der Waals surface area contributed by atoms with Crippen LogP contribution in [0.4, 0.5) is 10.1 Å². The first-order valence-corrected chi connectivity index (χ1v) is 11.6. The second-order valence-corrected chi connectivity index (χ2v) is 8.78. The van der Waals surface area contributed by atoms with Crippen molar-refractivity contribution in [3.8, 4) is 0 Å². The Morgan fingerprint density at radius 2 is 1.76 bits per heavy atom. The number of pyridine rings is 1. The van der Waals surface area contributed by atoms with Crippen molar-refractivity contribution in [3.05, 3.63) is 117 Å². The lowest BCUT2D eigenvalue weighted by Gasteiger charge is -2.17. The van der Waals surface area contributed by atoms with Gasteiger partial charge >= 0.3 is 0 Å². The number of rotatable bonds is 4. The molecule has 1 aliphatic heterocycles. The number of carbonyl (C=O) groups is 1. The number of halogens is 2. The first-order chi connectivity index (χ1) is 16.5. The molecule has 0 unspecified atom stereocenters. The third-order valence-corrected chi connectivity index (χ3v) is 6.24. The molecule has 1 amide bonds. The molecule has 4 aromatic rings. The first kappa shape index (κ1) is 22.1. The van der Waals surface area contributed by atoms with E-state index in [1.54, 1.807) is 18.2 Å². The summed E-state index contributed by atoms with van der Waals surface area (Å²) < 4.78 is 14.9. The predicted octanol–water partition coefficient (Wildman–Crippen LogP) is 5.16. The van der Waals surface area contributed by atoms with Gasteiger partial charge in [-0.25, -0.2) is 14.4 Å². The molecule has 0 bridgehead atoms. The van der Waals surface area contributed by atoms with Gasteiger partial charge in [0.1, 0.15) is 17.2 Å². The molecule has 0 fully saturated rings. The molecular formula is C25H16ClFN4O2S. The summed E-state index contributed by atoms with van der Waals surface area (Å²) in [7, 11) is 0. The van der Waals surface area contributed by atoms with Crippen LogP contribution in [-0.2, 0) is 10.5 Å². The third-order valence-electron chi connectivity index (χ3n) is 5.04. The van der Waals surface area contributed by atoms with Gasteiger partial charge in [0.15, 0.2) is 5.17 Å². The van der Waals surface area contributed by atoms with Gasteiger partial charge in [0, 0.05) is 18.0 Å². The Balaban J connectivity index is 1.48. The zero-order valence-electron chi connectivity index (χ0n) is 17.6. The number of fused-ring (bicyclic) bond motifs is 1. The number of hydrogen-bond acceptors (Lipinski definition) is 5. The monoisotopic (exact) mass is 490 g/mol. The molecular weight excluding hydrogens is 475 g/mol. The van der Waals surface area contributed by atoms with Crippen molar-refractivity contribution in [3.63, 3.8) is 0 Å². The summed E-state index contributed by atoms with van der Waals surface area (Å²) in [5.41, 5.74) is 2.34. The average Bonchev–Trinajstić information content (AvgIpc) is 3.14. The van der Waals surface area contributed by atoms with Crippen molar-refractivity contribution >= 4 is 51.8 Å². The predicted molar refractivity (Wildman–Crippen MR) is 134 cm³/mol. The third kappa shape index (κ3) is 4.50. The van der Waals surface area contributed by atoms with E-state index in [4.69, 9.17) is 11.6 Å². The molecule has 0 N–H and O–H groups in total.